The van der Waals surface area contributed by atoms with Crippen molar-refractivity contribution in [1.29, 1.82) is 0 Å². The van der Waals surface area contributed by atoms with Gasteiger partial charge in [-0.2, -0.15) is 0 Å². The smallest absolute Gasteiger partial charge is 0.404 e. The van der Waals surface area contributed by atoms with Crippen LogP contribution in [0, 0.1) is 5.92 Å². The summed E-state index contributed by atoms with van der Waals surface area (Å²) in [5.41, 5.74) is 8.28. The molecule has 1 saturated heterocycles. The number of amides is 1. The minimum Gasteiger partial charge on any atom is -0.465 e. The first-order valence-electron chi connectivity index (χ1n) is 14.0. The third-order valence-electron chi connectivity index (χ3n) is 8.43. The van der Waals surface area contributed by atoms with Gasteiger partial charge in [-0.1, -0.05) is 84.9 Å². The maximum absolute atomic E-state index is 14.5. The monoisotopic (exact) mass is 559 g/mol. The molecular weight excluding hydrogens is 522 g/mol. The molecule has 5 rings (SSSR count). The fourth-order valence-electron chi connectivity index (χ4n) is 6.66. The number of nitrogens with two attached hydrogens (primary N) is 1. The van der Waals surface area contributed by atoms with Gasteiger partial charge in [0, 0.05) is 24.8 Å². The average Bonchev–Trinajstić information content (AvgIpc) is 3.45. The predicted octanol–water partition coefficient (Wildman–Crippen LogP) is 2.35. The Kier molecular flexibility index (Phi) is 8.82. The zero-order valence-corrected chi connectivity index (χ0v) is 22.7. The van der Waals surface area contributed by atoms with Crippen molar-refractivity contribution in [1.82, 2.24) is 10.6 Å². The molecule has 0 bridgehead atoms. The third kappa shape index (κ3) is 6.50. The number of carbonyl (C=O) groups is 2. The first kappa shape index (κ1) is 28.9. The van der Waals surface area contributed by atoms with Crippen molar-refractivity contribution < 1.29 is 29.6 Å². The van der Waals surface area contributed by atoms with Crippen LogP contribution >= 0.6 is 0 Å². The Labute approximate surface area is 239 Å². The molecule has 1 heterocycles. The molecule has 1 amide bonds. The maximum atomic E-state index is 14.5. The summed E-state index contributed by atoms with van der Waals surface area (Å²) >= 11 is 0. The average molecular weight is 560 g/mol. The van der Waals surface area contributed by atoms with Gasteiger partial charge in [0.05, 0.1) is 23.8 Å². The second-order valence-corrected chi connectivity index (χ2v) is 11.1. The molecule has 1 aliphatic heterocycles. The van der Waals surface area contributed by atoms with Gasteiger partial charge in [-0.3, -0.25) is 10.5 Å². The minimum absolute atomic E-state index is 0.00835. The maximum Gasteiger partial charge on any atom is 0.404 e. The summed E-state index contributed by atoms with van der Waals surface area (Å²) in [5.74, 6) is -0.911. The largest absolute Gasteiger partial charge is 0.465 e. The van der Waals surface area contributed by atoms with Crippen LogP contribution in [0.2, 0.25) is 0 Å². The van der Waals surface area contributed by atoms with E-state index in [1.807, 2.05) is 84.9 Å². The molecule has 7 atom stereocenters. The molecule has 0 spiro atoms. The van der Waals surface area contributed by atoms with E-state index in [1.165, 1.54) is 0 Å². The Hall–Kier alpha value is -3.60. The van der Waals surface area contributed by atoms with E-state index >= 15 is 0 Å². The number of nitrogens with one attached hydrogen (secondary N) is 2. The molecule has 1 fully saturated rings. The van der Waals surface area contributed by atoms with Crippen molar-refractivity contribution in [3.05, 3.63) is 107 Å². The SMILES string of the molecule is N[C@@H](O)OC1Cc2ccccc2[C@H]1C1CNC(Cc2ccccc2)(C[C@H](O)[C@@H](Cc2ccccc2)NC(=O)O)C1=O. The van der Waals surface area contributed by atoms with Crippen LogP contribution in [0.25, 0.3) is 0 Å². The van der Waals surface area contributed by atoms with E-state index in [1.54, 1.807) is 0 Å². The van der Waals surface area contributed by atoms with Crippen molar-refractivity contribution in [3.8, 4) is 0 Å². The van der Waals surface area contributed by atoms with Crippen LogP contribution < -0.4 is 16.4 Å². The highest BCUT2D eigenvalue weighted by atomic mass is 16.6. The summed E-state index contributed by atoms with van der Waals surface area (Å²) in [6, 6.07) is 25.9. The number of ether oxygens (including phenoxy) is 1. The second kappa shape index (κ2) is 12.5. The van der Waals surface area contributed by atoms with Gasteiger partial charge in [0.15, 0.2) is 5.78 Å². The molecule has 0 aromatic heterocycles. The molecular formula is C32H37N3O6. The number of ketones is 1. The molecule has 9 heteroatoms. The highest BCUT2D eigenvalue weighted by Gasteiger charge is 2.54. The van der Waals surface area contributed by atoms with Gasteiger partial charge in [-0.15, -0.1) is 0 Å². The molecule has 9 nitrogen and oxygen atoms in total. The van der Waals surface area contributed by atoms with Crippen LogP contribution in [-0.2, 0) is 28.8 Å². The van der Waals surface area contributed by atoms with E-state index in [0.717, 1.165) is 22.3 Å². The van der Waals surface area contributed by atoms with E-state index in [2.05, 4.69) is 10.6 Å². The Morgan fingerprint density at radius 2 is 1.63 bits per heavy atom. The Morgan fingerprint density at radius 3 is 2.29 bits per heavy atom. The van der Waals surface area contributed by atoms with Crippen LogP contribution in [0.4, 0.5) is 4.79 Å². The lowest BCUT2D eigenvalue weighted by molar-refractivity contribution is -0.144. The fourth-order valence-corrected chi connectivity index (χ4v) is 6.66. The van der Waals surface area contributed by atoms with Gasteiger partial charge in [0.2, 0.25) is 6.41 Å². The third-order valence-corrected chi connectivity index (χ3v) is 8.43. The van der Waals surface area contributed by atoms with Crippen LogP contribution in [0.3, 0.4) is 0 Å². The van der Waals surface area contributed by atoms with Crippen molar-refractivity contribution in [2.45, 2.75) is 61.8 Å². The van der Waals surface area contributed by atoms with E-state index in [4.69, 9.17) is 10.5 Å². The van der Waals surface area contributed by atoms with Crippen LogP contribution in [-0.4, -0.2) is 63.9 Å². The number of carboxylic acid groups (broad SMARTS) is 1. The van der Waals surface area contributed by atoms with Gasteiger partial charge >= 0.3 is 6.09 Å². The van der Waals surface area contributed by atoms with Crippen molar-refractivity contribution in [2.75, 3.05) is 6.54 Å². The summed E-state index contributed by atoms with van der Waals surface area (Å²) in [6.45, 7) is 0.341. The number of hydrogen-bond donors (Lipinski definition) is 6. The Bertz CT molecular complexity index is 1340. The molecule has 3 aromatic carbocycles. The molecule has 3 unspecified atom stereocenters. The molecule has 41 heavy (non-hydrogen) atoms. The minimum atomic E-state index is -1.47. The van der Waals surface area contributed by atoms with Crippen molar-refractivity contribution in [3.63, 3.8) is 0 Å². The number of hydrogen-bond acceptors (Lipinski definition) is 7. The quantitative estimate of drug-likeness (QED) is 0.196. The van der Waals surface area contributed by atoms with E-state index < -0.39 is 42.2 Å². The summed E-state index contributed by atoms with van der Waals surface area (Å²) < 4.78 is 5.71. The number of aliphatic hydroxyl groups excluding tert-OH is 2. The summed E-state index contributed by atoms with van der Waals surface area (Å²) in [6.07, 6.45) is -3.23. The molecule has 1 aliphatic carbocycles. The standard InChI is InChI=1S/C32H37N3O6/c33-30(38)41-27-16-22-13-7-8-14-23(22)28(27)24-19-34-32(29(24)37,17-21-11-5-2-6-12-21)18-26(36)25(35-31(39)40)15-20-9-3-1-4-10-20/h1-14,24-28,30,34-36,38H,15-19,33H2,(H,39,40)/t24?,25-,26+,27?,28+,30+,32?/m1/s1. The van der Waals surface area contributed by atoms with Crippen LogP contribution in [0.1, 0.15) is 34.6 Å². The summed E-state index contributed by atoms with van der Waals surface area (Å²) in [7, 11) is 0. The lowest BCUT2D eigenvalue weighted by Crippen LogP contribution is -2.55. The number of Topliss-reactive ketones (excluding diaryl/α,β-unsaturated/α-hetero) is 1. The van der Waals surface area contributed by atoms with E-state index in [9.17, 15) is 24.9 Å². The first-order valence-corrected chi connectivity index (χ1v) is 14.0. The molecule has 3 aromatic rings. The van der Waals surface area contributed by atoms with Gasteiger partial charge < -0.3 is 30.7 Å². The number of aliphatic hydroxyl groups is 2. The van der Waals surface area contributed by atoms with Crippen LogP contribution in [0.15, 0.2) is 84.9 Å². The predicted molar refractivity (Wildman–Crippen MR) is 153 cm³/mol. The first-order chi connectivity index (χ1) is 19.8. The number of carbonyl (C=O) groups excluding carboxylic acids is 1. The van der Waals surface area contributed by atoms with Crippen molar-refractivity contribution >= 4 is 11.9 Å². The zero-order valence-electron chi connectivity index (χ0n) is 22.7. The number of fused-ring (bicyclic) bond motifs is 1. The molecule has 0 saturated carbocycles. The van der Waals surface area contributed by atoms with Gasteiger partial charge in [-0.25, -0.2) is 4.79 Å². The van der Waals surface area contributed by atoms with E-state index in [-0.39, 0.29) is 24.5 Å². The number of rotatable bonds is 11. The number of benzene rings is 3. The second-order valence-electron chi connectivity index (χ2n) is 11.1. The van der Waals surface area contributed by atoms with Gasteiger partial charge in [0.25, 0.3) is 0 Å². The molecule has 7 N–H and O–H groups in total. The summed E-state index contributed by atoms with van der Waals surface area (Å²) in [5, 5.41) is 36.9. The van der Waals surface area contributed by atoms with Crippen molar-refractivity contribution in [2.24, 2.45) is 11.7 Å². The zero-order chi connectivity index (χ0) is 29.0. The highest BCUT2D eigenvalue weighted by molar-refractivity contribution is 5.94. The topological polar surface area (TPSA) is 154 Å². The van der Waals surface area contributed by atoms with Gasteiger partial charge in [0.1, 0.15) is 0 Å². The Morgan fingerprint density at radius 1 is 1.00 bits per heavy atom. The van der Waals surface area contributed by atoms with Crippen LogP contribution in [0.5, 0.6) is 0 Å². The van der Waals surface area contributed by atoms with E-state index in [0.29, 0.717) is 19.4 Å². The highest BCUT2D eigenvalue weighted by Crippen LogP contribution is 2.45. The normalized spacial score (nSPS) is 25.8. The summed E-state index contributed by atoms with van der Waals surface area (Å²) in [4.78, 5) is 26.2. The molecule has 0 radical (unpaired) electrons. The fraction of sp³-hybridized carbons (Fsp3) is 0.375. The lowest BCUT2D eigenvalue weighted by atomic mass is 9.75. The Balaban J connectivity index is 1.46. The molecule has 2 aliphatic rings. The van der Waals surface area contributed by atoms with Gasteiger partial charge in [-0.05, 0) is 41.5 Å². The lowest BCUT2D eigenvalue weighted by Gasteiger charge is -2.34. The molecule has 216 valence electrons.